The van der Waals surface area contributed by atoms with Gasteiger partial charge in [0, 0.05) is 45.0 Å². The van der Waals surface area contributed by atoms with E-state index in [0.717, 1.165) is 43.8 Å². The average molecular weight is 484 g/mol. The normalized spacial score (nSPS) is 19.4. The Labute approximate surface area is 193 Å². The lowest BCUT2D eigenvalue weighted by atomic mass is 9.84. The number of nitrogens with one attached hydrogen (secondary N) is 1. The van der Waals surface area contributed by atoms with Crippen molar-refractivity contribution in [2.24, 2.45) is 5.10 Å². The molecule has 2 aliphatic heterocycles. The third-order valence-electron chi connectivity index (χ3n) is 6.15. The van der Waals surface area contributed by atoms with Gasteiger partial charge in [-0.25, -0.2) is 15.0 Å². The number of rotatable bonds is 2. The summed E-state index contributed by atoms with van der Waals surface area (Å²) in [5.41, 5.74) is 4.92. The standard InChI is InChI=1S/C25H18BrN5O/c1-15-19(12-16-6-5-11-27-23(16)28-15)22-14-25(31(30-22)18-7-3-2-4-8-18)20-13-17(26)9-10-21(20)29-24(25)32/h2-13H,14H2,1H3,(H,29,32). The van der Waals surface area contributed by atoms with Gasteiger partial charge in [0.25, 0.3) is 5.91 Å². The third-order valence-corrected chi connectivity index (χ3v) is 6.64. The van der Waals surface area contributed by atoms with Crippen molar-refractivity contribution in [3.63, 3.8) is 0 Å². The van der Waals surface area contributed by atoms with Crippen LogP contribution < -0.4 is 10.3 Å². The van der Waals surface area contributed by atoms with E-state index < -0.39 is 5.54 Å². The Morgan fingerprint density at radius 3 is 2.75 bits per heavy atom. The first-order valence-electron chi connectivity index (χ1n) is 10.3. The number of anilines is 2. The van der Waals surface area contributed by atoms with Crippen LogP contribution in [0, 0.1) is 6.92 Å². The molecule has 6 nitrogen and oxygen atoms in total. The molecule has 2 aliphatic rings. The van der Waals surface area contributed by atoms with Crippen LogP contribution >= 0.6 is 15.9 Å². The number of aryl methyl sites for hydroxylation is 1. The Balaban J connectivity index is 1.57. The number of hydrogen-bond acceptors (Lipinski definition) is 5. The predicted octanol–water partition coefficient (Wildman–Crippen LogP) is 5.16. The number of halogens is 1. The molecule has 1 unspecified atom stereocenters. The summed E-state index contributed by atoms with van der Waals surface area (Å²) < 4.78 is 0.920. The van der Waals surface area contributed by atoms with Crippen molar-refractivity contribution < 1.29 is 4.79 Å². The van der Waals surface area contributed by atoms with Crippen LogP contribution in [0.25, 0.3) is 11.0 Å². The van der Waals surface area contributed by atoms with Gasteiger partial charge in [-0.1, -0.05) is 34.1 Å². The van der Waals surface area contributed by atoms with Crippen molar-refractivity contribution in [2.45, 2.75) is 18.9 Å². The number of benzene rings is 2. The van der Waals surface area contributed by atoms with Crippen LogP contribution in [0.3, 0.4) is 0 Å². The summed E-state index contributed by atoms with van der Waals surface area (Å²) in [6.07, 6.45) is 2.18. The first-order chi connectivity index (χ1) is 15.6. The smallest absolute Gasteiger partial charge is 0.257 e. The molecular formula is C25H18BrN5O. The Morgan fingerprint density at radius 2 is 1.91 bits per heavy atom. The van der Waals surface area contributed by atoms with Gasteiger partial charge in [0.2, 0.25) is 0 Å². The highest BCUT2D eigenvalue weighted by Gasteiger charge is 2.56. The molecule has 1 amide bonds. The van der Waals surface area contributed by atoms with Gasteiger partial charge in [0.15, 0.2) is 11.2 Å². The van der Waals surface area contributed by atoms with E-state index in [4.69, 9.17) is 10.1 Å². The molecule has 0 fully saturated rings. The van der Waals surface area contributed by atoms with Gasteiger partial charge < -0.3 is 5.32 Å². The number of pyridine rings is 2. The van der Waals surface area contributed by atoms with Gasteiger partial charge in [-0.2, -0.15) is 5.10 Å². The average Bonchev–Trinajstić information content (AvgIpc) is 3.33. The molecule has 7 heteroatoms. The number of hydrazone groups is 1. The quantitative estimate of drug-likeness (QED) is 0.427. The molecule has 2 aromatic heterocycles. The van der Waals surface area contributed by atoms with E-state index in [9.17, 15) is 4.79 Å². The fourth-order valence-electron chi connectivity index (χ4n) is 4.64. The molecule has 1 atom stereocenters. The Morgan fingerprint density at radius 1 is 1.06 bits per heavy atom. The number of nitrogens with zero attached hydrogens (tertiary/aromatic N) is 4. The molecule has 1 spiro atoms. The topological polar surface area (TPSA) is 70.5 Å². The molecular weight excluding hydrogens is 466 g/mol. The maximum atomic E-state index is 13.6. The van der Waals surface area contributed by atoms with Crippen LogP contribution in [0.1, 0.15) is 23.2 Å². The molecule has 2 aromatic carbocycles. The minimum Gasteiger partial charge on any atom is -0.323 e. The van der Waals surface area contributed by atoms with E-state index in [0.29, 0.717) is 12.1 Å². The Hall–Kier alpha value is -3.58. The van der Waals surface area contributed by atoms with Crippen molar-refractivity contribution in [1.82, 2.24) is 9.97 Å². The summed E-state index contributed by atoms with van der Waals surface area (Å²) in [6.45, 7) is 1.96. The second kappa shape index (κ2) is 6.97. The number of carbonyl (C=O) groups is 1. The zero-order valence-corrected chi connectivity index (χ0v) is 18.8. The highest BCUT2D eigenvalue weighted by molar-refractivity contribution is 9.10. The number of fused-ring (bicyclic) bond motifs is 3. The fraction of sp³-hybridized carbons (Fsp3) is 0.120. The van der Waals surface area contributed by atoms with Crippen LogP contribution in [0.2, 0.25) is 0 Å². The zero-order chi connectivity index (χ0) is 21.9. The zero-order valence-electron chi connectivity index (χ0n) is 17.2. The lowest BCUT2D eigenvalue weighted by Gasteiger charge is -2.32. The molecule has 0 aliphatic carbocycles. The van der Waals surface area contributed by atoms with Crippen molar-refractivity contribution in [3.05, 3.63) is 94.2 Å². The molecule has 0 saturated heterocycles. The summed E-state index contributed by atoms with van der Waals surface area (Å²) in [4.78, 5) is 22.6. The molecule has 0 radical (unpaired) electrons. The summed E-state index contributed by atoms with van der Waals surface area (Å²) >= 11 is 3.58. The second-order valence-electron chi connectivity index (χ2n) is 8.05. The molecule has 0 bridgehead atoms. The third kappa shape index (κ3) is 2.71. The van der Waals surface area contributed by atoms with Crippen LogP contribution in [-0.2, 0) is 10.3 Å². The first kappa shape index (κ1) is 19.1. The molecule has 32 heavy (non-hydrogen) atoms. The maximum absolute atomic E-state index is 13.6. The summed E-state index contributed by atoms with van der Waals surface area (Å²) in [5.74, 6) is -0.0822. The number of hydrogen-bond donors (Lipinski definition) is 1. The summed E-state index contributed by atoms with van der Waals surface area (Å²) in [6, 6.07) is 21.7. The van der Waals surface area contributed by atoms with Gasteiger partial charge in [-0.15, -0.1) is 0 Å². The van der Waals surface area contributed by atoms with E-state index >= 15 is 0 Å². The van der Waals surface area contributed by atoms with Crippen molar-refractivity contribution in [1.29, 1.82) is 0 Å². The lowest BCUT2D eigenvalue weighted by molar-refractivity contribution is -0.120. The summed E-state index contributed by atoms with van der Waals surface area (Å²) in [7, 11) is 0. The van der Waals surface area contributed by atoms with Crippen LogP contribution in [0.5, 0.6) is 0 Å². The molecule has 156 valence electrons. The van der Waals surface area contributed by atoms with E-state index in [1.54, 1.807) is 6.20 Å². The molecule has 1 N–H and O–H groups in total. The Bertz CT molecular complexity index is 1440. The summed E-state index contributed by atoms with van der Waals surface area (Å²) in [5, 5.41) is 10.9. The maximum Gasteiger partial charge on any atom is 0.257 e. The minimum atomic E-state index is -0.966. The minimum absolute atomic E-state index is 0.0822. The van der Waals surface area contributed by atoms with Crippen molar-refractivity contribution in [2.75, 3.05) is 10.3 Å². The molecule has 4 aromatic rings. The molecule has 4 heterocycles. The van der Waals surface area contributed by atoms with Crippen LogP contribution in [0.4, 0.5) is 11.4 Å². The number of carbonyl (C=O) groups excluding carboxylic acids is 1. The highest BCUT2D eigenvalue weighted by Crippen LogP contribution is 2.49. The SMILES string of the molecule is Cc1nc2ncccc2cc1C1=NN(c2ccccc2)C2(C1)C(=O)Nc1ccc(Br)cc12. The monoisotopic (exact) mass is 483 g/mol. The van der Waals surface area contributed by atoms with Crippen LogP contribution in [-0.4, -0.2) is 21.6 Å². The van der Waals surface area contributed by atoms with Gasteiger partial charge >= 0.3 is 0 Å². The lowest BCUT2D eigenvalue weighted by Crippen LogP contribution is -2.46. The Kier molecular flexibility index (Phi) is 4.16. The number of para-hydroxylation sites is 1. The first-order valence-corrected chi connectivity index (χ1v) is 11.1. The van der Waals surface area contributed by atoms with Crippen molar-refractivity contribution >= 4 is 50.0 Å². The number of aromatic nitrogens is 2. The van der Waals surface area contributed by atoms with E-state index in [1.165, 1.54) is 0 Å². The van der Waals surface area contributed by atoms with E-state index in [2.05, 4.69) is 32.3 Å². The van der Waals surface area contributed by atoms with Gasteiger partial charge in [-0.05, 0) is 55.5 Å². The van der Waals surface area contributed by atoms with Gasteiger partial charge in [0.1, 0.15) is 0 Å². The molecule has 6 rings (SSSR count). The highest BCUT2D eigenvalue weighted by atomic mass is 79.9. The number of amides is 1. The van der Waals surface area contributed by atoms with Crippen molar-refractivity contribution in [3.8, 4) is 0 Å². The van der Waals surface area contributed by atoms with Gasteiger partial charge in [0.05, 0.1) is 11.4 Å². The largest absolute Gasteiger partial charge is 0.323 e. The predicted molar refractivity (Wildman–Crippen MR) is 129 cm³/mol. The van der Waals surface area contributed by atoms with Gasteiger partial charge in [-0.3, -0.25) is 4.79 Å². The van der Waals surface area contributed by atoms with E-state index in [-0.39, 0.29) is 5.91 Å². The van der Waals surface area contributed by atoms with Crippen LogP contribution in [0.15, 0.2) is 82.5 Å². The second-order valence-corrected chi connectivity index (χ2v) is 8.96. The fourth-order valence-corrected chi connectivity index (χ4v) is 5.00. The molecule has 0 saturated carbocycles. The van der Waals surface area contributed by atoms with E-state index in [1.807, 2.05) is 72.6 Å².